The van der Waals surface area contributed by atoms with Crippen LogP contribution in [0.1, 0.15) is 6.92 Å². The number of methoxy groups -OCH3 is 2. The summed E-state index contributed by atoms with van der Waals surface area (Å²) in [6.45, 7) is 4.96. The molecule has 0 amide bonds. The van der Waals surface area contributed by atoms with Gasteiger partial charge >= 0.3 is 0 Å². The van der Waals surface area contributed by atoms with E-state index >= 15 is 0 Å². The highest BCUT2D eigenvalue weighted by Gasteiger charge is 2.02. The number of hydrogen-bond acceptors (Lipinski definition) is 3. The number of rotatable bonds is 4. The highest BCUT2D eigenvalue weighted by molar-refractivity contribution is 5.88. The van der Waals surface area contributed by atoms with Crippen molar-refractivity contribution in [2.24, 2.45) is 0 Å². The Labute approximate surface area is 66.3 Å². The summed E-state index contributed by atoms with van der Waals surface area (Å²) in [4.78, 5) is 10.6. The van der Waals surface area contributed by atoms with Gasteiger partial charge in [-0.1, -0.05) is 6.58 Å². The minimum absolute atomic E-state index is 0.0972. The zero-order valence-corrected chi connectivity index (χ0v) is 7.01. The van der Waals surface area contributed by atoms with Crippen LogP contribution in [0.15, 0.2) is 24.2 Å². The highest BCUT2D eigenvalue weighted by atomic mass is 16.5. The smallest absolute Gasteiger partial charge is 0.163 e. The molecule has 0 aliphatic carbocycles. The second-order valence-corrected chi connectivity index (χ2v) is 1.95. The van der Waals surface area contributed by atoms with E-state index in [1.165, 1.54) is 27.2 Å². The normalized spacial score (nSPS) is 10.6. The van der Waals surface area contributed by atoms with E-state index in [1.807, 2.05) is 0 Å². The van der Waals surface area contributed by atoms with E-state index in [-0.39, 0.29) is 5.78 Å². The molecule has 0 aromatic heterocycles. The van der Waals surface area contributed by atoms with Crippen LogP contribution in [-0.4, -0.2) is 20.0 Å². The van der Waals surface area contributed by atoms with Crippen LogP contribution >= 0.6 is 0 Å². The molecule has 3 heteroatoms. The van der Waals surface area contributed by atoms with E-state index in [0.717, 1.165) is 0 Å². The zero-order chi connectivity index (χ0) is 8.85. The standard InChI is InChI=1S/C8H12O3/c1-6(9)5-8(11-4)7(2)10-3/h5H,2H2,1,3-4H3/b8-5-. The van der Waals surface area contributed by atoms with Gasteiger partial charge in [-0.2, -0.15) is 0 Å². The summed E-state index contributed by atoms with van der Waals surface area (Å²) >= 11 is 0. The molecule has 0 aromatic carbocycles. The zero-order valence-electron chi connectivity index (χ0n) is 7.01. The van der Waals surface area contributed by atoms with Crippen molar-refractivity contribution in [2.75, 3.05) is 14.2 Å². The average Bonchev–Trinajstić information content (AvgIpc) is 1.98. The lowest BCUT2D eigenvalue weighted by molar-refractivity contribution is -0.112. The van der Waals surface area contributed by atoms with Gasteiger partial charge in [0, 0.05) is 6.08 Å². The summed E-state index contributed by atoms with van der Waals surface area (Å²) in [7, 11) is 2.92. The monoisotopic (exact) mass is 156 g/mol. The second-order valence-electron chi connectivity index (χ2n) is 1.95. The molecule has 0 saturated heterocycles. The molecular weight excluding hydrogens is 144 g/mol. The lowest BCUT2D eigenvalue weighted by Gasteiger charge is -2.06. The Morgan fingerprint density at radius 2 is 1.91 bits per heavy atom. The largest absolute Gasteiger partial charge is 0.493 e. The van der Waals surface area contributed by atoms with Crippen LogP contribution in [0.2, 0.25) is 0 Å². The lowest BCUT2D eigenvalue weighted by atomic mass is 10.3. The van der Waals surface area contributed by atoms with Crippen molar-refractivity contribution in [3.8, 4) is 0 Å². The molecule has 0 aliphatic rings. The Morgan fingerprint density at radius 1 is 1.36 bits per heavy atom. The van der Waals surface area contributed by atoms with Crippen molar-refractivity contribution in [1.82, 2.24) is 0 Å². The van der Waals surface area contributed by atoms with Gasteiger partial charge in [-0.05, 0) is 6.92 Å². The average molecular weight is 156 g/mol. The third-order valence-corrected chi connectivity index (χ3v) is 1.08. The van der Waals surface area contributed by atoms with Crippen molar-refractivity contribution < 1.29 is 14.3 Å². The highest BCUT2D eigenvalue weighted by Crippen LogP contribution is 2.07. The van der Waals surface area contributed by atoms with Gasteiger partial charge in [-0.15, -0.1) is 0 Å². The molecule has 0 N–H and O–H groups in total. The van der Waals surface area contributed by atoms with Gasteiger partial charge in [0.1, 0.15) is 0 Å². The number of ether oxygens (including phenoxy) is 2. The Morgan fingerprint density at radius 3 is 2.18 bits per heavy atom. The van der Waals surface area contributed by atoms with E-state index in [0.29, 0.717) is 11.5 Å². The molecule has 0 heterocycles. The fraction of sp³-hybridized carbons (Fsp3) is 0.375. The maximum absolute atomic E-state index is 10.6. The molecular formula is C8H12O3. The SMILES string of the molecule is C=C(OC)/C(=C/C(C)=O)OC. The Bertz CT molecular complexity index is 192. The minimum Gasteiger partial charge on any atom is -0.493 e. The summed E-state index contributed by atoms with van der Waals surface area (Å²) in [6.07, 6.45) is 1.33. The molecule has 0 bridgehead atoms. The van der Waals surface area contributed by atoms with E-state index in [1.54, 1.807) is 0 Å². The molecule has 0 atom stereocenters. The second kappa shape index (κ2) is 4.55. The Kier molecular flexibility index (Phi) is 4.03. The maximum atomic E-state index is 10.6. The number of carbonyl (C=O) groups excluding carboxylic acids is 1. The van der Waals surface area contributed by atoms with Crippen LogP contribution in [0.4, 0.5) is 0 Å². The fourth-order valence-corrected chi connectivity index (χ4v) is 0.538. The van der Waals surface area contributed by atoms with Gasteiger partial charge in [0.25, 0.3) is 0 Å². The van der Waals surface area contributed by atoms with Gasteiger partial charge in [0.05, 0.1) is 14.2 Å². The lowest BCUT2D eigenvalue weighted by Crippen LogP contribution is -1.96. The summed E-state index contributed by atoms with van der Waals surface area (Å²) < 4.78 is 9.59. The molecule has 62 valence electrons. The first kappa shape index (κ1) is 9.75. The topological polar surface area (TPSA) is 35.5 Å². The van der Waals surface area contributed by atoms with Crippen LogP contribution in [0.5, 0.6) is 0 Å². The quantitative estimate of drug-likeness (QED) is 0.349. The first-order chi connectivity index (χ1) is 5.11. The van der Waals surface area contributed by atoms with Crippen LogP contribution in [0, 0.1) is 0 Å². The minimum atomic E-state index is -0.0972. The van der Waals surface area contributed by atoms with Crippen LogP contribution < -0.4 is 0 Å². The van der Waals surface area contributed by atoms with Gasteiger partial charge < -0.3 is 9.47 Å². The molecule has 0 aromatic rings. The number of carbonyl (C=O) groups is 1. The maximum Gasteiger partial charge on any atom is 0.163 e. The first-order valence-electron chi connectivity index (χ1n) is 3.11. The Balaban J connectivity index is 4.39. The van der Waals surface area contributed by atoms with Gasteiger partial charge in [-0.3, -0.25) is 4.79 Å². The van der Waals surface area contributed by atoms with E-state index < -0.39 is 0 Å². The van der Waals surface area contributed by atoms with Gasteiger partial charge in [0.15, 0.2) is 17.3 Å². The van der Waals surface area contributed by atoms with Crippen LogP contribution in [-0.2, 0) is 14.3 Å². The van der Waals surface area contributed by atoms with E-state index in [2.05, 4.69) is 6.58 Å². The van der Waals surface area contributed by atoms with Crippen molar-refractivity contribution in [1.29, 1.82) is 0 Å². The molecule has 0 rings (SSSR count). The Hall–Kier alpha value is -1.25. The molecule has 0 spiro atoms. The van der Waals surface area contributed by atoms with Crippen molar-refractivity contribution >= 4 is 5.78 Å². The molecule has 0 aliphatic heterocycles. The molecule has 3 nitrogen and oxygen atoms in total. The predicted octanol–water partition coefficient (Wildman–Crippen LogP) is 1.27. The third kappa shape index (κ3) is 3.45. The molecule has 0 saturated carbocycles. The summed E-state index contributed by atoms with van der Waals surface area (Å²) in [6, 6.07) is 0. The molecule has 0 radical (unpaired) electrons. The van der Waals surface area contributed by atoms with E-state index in [9.17, 15) is 4.79 Å². The number of hydrogen-bond donors (Lipinski definition) is 0. The number of ketones is 1. The number of allylic oxidation sites excluding steroid dienone is 1. The van der Waals surface area contributed by atoms with Crippen LogP contribution in [0.3, 0.4) is 0 Å². The molecule has 0 unspecified atom stereocenters. The van der Waals surface area contributed by atoms with Crippen molar-refractivity contribution in [2.45, 2.75) is 6.92 Å². The molecule has 0 fully saturated rings. The summed E-state index contributed by atoms with van der Waals surface area (Å²) in [5.74, 6) is 0.614. The van der Waals surface area contributed by atoms with Crippen molar-refractivity contribution in [3.05, 3.63) is 24.2 Å². The third-order valence-electron chi connectivity index (χ3n) is 1.08. The van der Waals surface area contributed by atoms with Crippen molar-refractivity contribution in [3.63, 3.8) is 0 Å². The van der Waals surface area contributed by atoms with E-state index in [4.69, 9.17) is 9.47 Å². The first-order valence-corrected chi connectivity index (χ1v) is 3.11. The summed E-state index contributed by atoms with van der Waals surface area (Å²) in [5, 5.41) is 0. The fourth-order valence-electron chi connectivity index (χ4n) is 0.538. The van der Waals surface area contributed by atoms with Gasteiger partial charge in [-0.25, -0.2) is 0 Å². The molecule has 11 heavy (non-hydrogen) atoms. The summed E-state index contributed by atoms with van der Waals surface area (Å²) in [5.41, 5.74) is 0. The van der Waals surface area contributed by atoms with Crippen LogP contribution in [0.25, 0.3) is 0 Å². The predicted molar refractivity (Wildman–Crippen MR) is 41.9 cm³/mol. The van der Waals surface area contributed by atoms with Gasteiger partial charge in [0.2, 0.25) is 0 Å².